The number of nitrogens with zero attached hydrogens (tertiary/aromatic N) is 2. The summed E-state index contributed by atoms with van der Waals surface area (Å²) in [5.41, 5.74) is 0. The maximum Gasteiger partial charge on any atom is 0.0475 e. The number of aliphatic hydroxyl groups excluding tert-OH is 1. The topological polar surface area (TPSA) is 26.7 Å². The lowest BCUT2D eigenvalue weighted by Crippen LogP contribution is -2.51. The van der Waals surface area contributed by atoms with Crippen molar-refractivity contribution < 1.29 is 5.11 Å². The number of hydrogen-bond acceptors (Lipinski definition) is 4. The van der Waals surface area contributed by atoms with Crippen LogP contribution in [0.15, 0.2) is 17.5 Å². The fraction of sp³-hybridized carbons (Fsp3) is 0.692. The van der Waals surface area contributed by atoms with Gasteiger partial charge in [0.2, 0.25) is 0 Å². The van der Waals surface area contributed by atoms with Crippen LogP contribution in [0.2, 0.25) is 0 Å². The Balaban J connectivity index is 1.94. The van der Waals surface area contributed by atoms with Crippen molar-refractivity contribution in [1.29, 1.82) is 0 Å². The van der Waals surface area contributed by atoms with Crippen LogP contribution in [0.3, 0.4) is 0 Å². The van der Waals surface area contributed by atoms with Gasteiger partial charge in [0.05, 0.1) is 0 Å². The Morgan fingerprint density at radius 1 is 1.53 bits per heavy atom. The van der Waals surface area contributed by atoms with Crippen molar-refractivity contribution in [2.75, 3.05) is 33.8 Å². The molecule has 1 fully saturated rings. The molecule has 2 heterocycles. The van der Waals surface area contributed by atoms with E-state index in [1.54, 1.807) is 0 Å². The summed E-state index contributed by atoms with van der Waals surface area (Å²) >= 11 is 1.83. The summed E-state index contributed by atoms with van der Waals surface area (Å²) in [5, 5.41) is 11.5. The van der Waals surface area contributed by atoms with Gasteiger partial charge in [-0.2, -0.15) is 0 Å². The van der Waals surface area contributed by atoms with E-state index in [4.69, 9.17) is 0 Å². The fourth-order valence-corrected chi connectivity index (χ4v) is 3.36. The van der Waals surface area contributed by atoms with Gasteiger partial charge in [0, 0.05) is 30.6 Å². The van der Waals surface area contributed by atoms with E-state index in [1.165, 1.54) is 4.88 Å². The molecule has 0 aromatic carbocycles. The summed E-state index contributed by atoms with van der Waals surface area (Å²) in [6.45, 7) is 3.54. The lowest BCUT2D eigenvalue weighted by Gasteiger charge is -2.41. The third-order valence-corrected chi connectivity index (χ3v) is 4.52. The number of aliphatic hydroxyl groups is 1. The average molecular weight is 254 g/mol. The second kappa shape index (κ2) is 5.96. The van der Waals surface area contributed by atoms with Gasteiger partial charge in [-0.1, -0.05) is 6.07 Å². The molecule has 1 aromatic rings. The first-order valence-electron chi connectivity index (χ1n) is 6.22. The van der Waals surface area contributed by atoms with Crippen molar-refractivity contribution in [2.24, 2.45) is 5.92 Å². The monoisotopic (exact) mass is 254 g/mol. The first kappa shape index (κ1) is 13.0. The molecule has 0 saturated carbocycles. The second-order valence-electron chi connectivity index (χ2n) is 5.08. The van der Waals surface area contributed by atoms with E-state index in [2.05, 4.69) is 41.4 Å². The zero-order valence-electron chi connectivity index (χ0n) is 10.7. The molecule has 0 bridgehead atoms. The van der Waals surface area contributed by atoms with Crippen LogP contribution < -0.4 is 0 Å². The van der Waals surface area contributed by atoms with Crippen molar-refractivity contribution in [1.82, 2.24) is 9.80 Å². The number of likely N-dealkylation sites (tertiary alicyclic amines) is 1. The summed E-state index contributed by atoms with van der Waals surface area (Å²) in [4.78, 5) is 6.19. The Hall–Kier alpha value is -0.420. The first-order chi connectivity index (χ1) is 8.20. The summed E-state index contributed by atoms with van der Waals surface area (Å²) in [6, 6.07) is 4.80. The van der Waals surface area contributed by atoms with Gasteiger partial charge in [-0.3, -0.25) is 4.90 Å². The van der Waals surface area contributed by atoms with E-state index in [1.807, 2.05) is 11.3 Å². The van der Waals surface area contributed by atoms with E-state index in [-0.39, 0.29) is 0 Å². The number of hydrogen-bond donors (Lipinski definition) is 1. The van der Waals surface area contributed by atoms with Gasteiger partial charge in [-0.05, 0) is 44.4 Å². The Morgan fingerprint density at radius 3 is 2.94 bits per heavy atom. The lowest BCUT2D eigenvalue weighted by atomic mass is 9.91. The minimum absolute atomic E-state index is 0.315. The van der Waals surface area contributed by atoms with Gasteiger partial charge in [0.1, 0.15) is 0 Å². The van der Waals surface area contributed by atoms with Gasteiger partial charge in [0.15, 0.2) is 0 Å². The molecule has 4 heteroatoms. The number of thiophene rings is 1. The summed E-state index contributed by atoms with van der Waals surface area (Å²) in [7, 11) is 4.23. The van der Waals surface area contributed by atoms with E-state index in [9.17, 15) is 5.11 Å². The molecule has 1 N–H and O–H groups in total. The molecule has 2 atom stereocenters. The van der Waals surface area contributed by atoms with Crippen LogP contribution >= 0.6 is 11.3 Å². The molecule has 0 amide bonds. The highest BCUT2D eigenvalue weighted by molar-refractivity contribution is 7.09. The normalized spacial score (nSPS) is 26.6. The first-order valence-corrected chi connectivity index (χ1v) is 7.10. The minimum atomic E-state index is 0.315. The van der Waals surface area contributed by atoms with E-state index in [0.29, 0.717) is 18.6 Å². The van der Waals surface area contributed by atoms with E-state index < -0.39 is 0 Å². The Morgan fingerprint density at radius 2 is 2.35 bits per heavy atom. The van der Waals surface area contributed by atoms with Crippen molar-refractivity contribution in [2.45, 2.75) is 19.0 Å². The third kappa shape index (κ3) is 3.28. The Bertz CT molecular complexity index is 326. The van der Waals surface area contributed by atoms with Crippen molar-refractivity contribution in [3.05, 3.63) is 22.4 Å². The third-order valence-electron chi connectivity index (χ3n) is 3.66. The highest BCUT2D eigenvalue weighted by atomic mass is 32.1. The van der Waals surface area contributed by atoms with Crippen LogP contribution in [-0.2, 0) is 6.54 Å². The SMILES string of the molecule is CN(C)[C@@H]1CN(Cc2cccs2)CC[C@@H]1CO. The molecule has 2 rings (SSSR count). The van der Waals surface area contributed by atoms with Crippen molar-refractivity contribution in [3.63, 3.8) is 0 Å². The summed E-state index contributed by atoms with van der Waals surface area (Å²) in [5.74, 6) is 0.435. The minimum Gasteiger partial charge on any atom is -0.396 e. The van der Waals surface area contributed by atoms with Crippen LogP contribution in [0.5, 0.6) is 0 Å². The van der Waals surface area contributed by atoms with E-state index >= 15 is 0 Å². The molecular weight excluding hydrogens is 232 g/mol. The largest absolute Gasteiger partial charge is 0.396 e. The standard InChI is InChI=1S/C13H22N2OS/c1-14(2)13-9-15(6-5-11(13)10-16)8-12-4-3-7-17-12/h3-4,7,11,13,16H,5-6,8-10H2,1-2H3/t11-,13-/m1/s1. The molecule has 1 aliphatic rings. The van der Waals surface area contributed by atoms with Crippen molar-refractivity contribution >= 4 is 11.3 Å². The maximum absolute atomic E-state index is 9.41. The van der Waals surface area contributed by atoms with Crippen LogP contribution in [0.25, 0.3) is 0 Å². The second-order valence-corrected chi connectivity index (χ2v) is 6.11. The molecular formula is C13H22N2OS. The smallest absolute Gasteiger partial charge is 0.0475 e. The van der Waals surface area contributed by atoms with Gasteiger partial charge in [-0.25, -0.2) is 0 Å². The summed E-state index contributed by atoms with van der Waals surface area (Å²) < 4.78 is 0. The lowest BCUT2D eigenvalue weighted by molar-refractivity contribution is 0.0465. The molecule has 17 heavy (non-hydrogen) atoms. The van der Waals surface area contributed by atoms with Gasteiger partial charge >= 0.3 is 0 Å². The highest BCUT2D eigenvalue weighted by Crippen LogP contribution is 2.23. The summed E-state index contributed by atoms with van der Waals surface area (Å²) in [6.07, 6.45) is 1.10. The fourth-order valence-electron chi connectivity index (χ4n) is 2.61. The zero-order chi connectivity index (χ0) is 12.3. The molecule has 3 nitrogen and oxygen atoms in total. The maximum atomic E-state index is 9.41. The van der Waals surface area contributed by atoms with Crippen LogP contribution in [0.1, 0.15) is 11.3 Å². The molecule has 96 valence electrons. The van der Waals surface area contributed by atoms with Crippen molar-refractivity contribution in [3.8, 4) is 0 Å². The predicted octanol–water partition coefficient (Wildman–Crippen LogP) is 1.49. The Kier molecular flexibility index (Phi) is 4.56. The molecule has 0 spiro atoms. The number of likely N-dealkylation sites (N-methyl/N-ethyl adjacent to an activating group) is 1. The molecule has 1 aliphatic heterocycles. The zero-order valence-corrected chi connectivity index (χ0v) is 11.5. The van der Waals surface area contributed by atoms with Gasteiger partial charge < -0.3 is 10.0 Å². The molecule has 1 aromatic heterocycles. The van der Waals surface area contributed by atoms with Gasteiger partial charge in [0.25, 0.3) is 0 Å². The Labute approximate surface area is 108 Å². The van der Waals surface area contributed by atoms with Crippen LogP contribution in [-0.4, -0.2) is 54.7 Å². The van der Waals surface area contributed by atoms with Gasteiger partial charge in [-0.15, -0.1) is 11.3 Å². The van der Waals surface area contributed by atoms with Crippen LogP contribution in [0.4, 0.5) is 0 Å². The molecule has 0 aliphatic carbocycles. The average Bonchev–Trinajstić information content (AvgIpc) is 2.81. The van der Waals surface area contributed by atoms with E-state index in [0.717, 1.165) is 26.1 Å². The number of rotatable bonds is 4. The predicted molar refractivity (Wildman–Crippen MR) is 72.3 cm³/mol. The molecule has 0 radical (unpaired) electrons. The molecule has 1 saturated heterocycles. The number of piperidine rings is 1. The molecule has 0 unspecified atom stereocenters. The highest BCUT2D eigenvalue weighted by Gasteiger charge is 2.30. The quantitative estimate of drug-likeness (QED) is 0.882. The van der Waals surface area contributed by atoms with Crippen LogP contribution in [0, 0.1) is 5.92 Å².